The highest BCUT2D eigenvalue weighted by Crippen LogP contribution is 2.15. The Hall–Kier alpha value is -0.900. The number of rotatable bonds is 9. The van der Waals surface area contributed by atoms with Crippen LogP contribution in [0, 0.1) is 0 Å². The lowest BCUT2D eigenvalue weighted by molar-refractivity contribution is 0.00675. The van der Waals surface area contributed by atoms with Gasteiger partial charge in [-0.25, -0.2) is 0 Å². The molecule has 0 heterocycles. The van der Waals surface area contributed by atoms with Crippen molar-refractivity contribution in [1.82, 2.24) is 4.90 Å². The number of hydrogen-bond acceptors (Lipinski definition) is 3. The predicted molar refractivity (Wildman–Crippen MR) is 81.1 cm³/mol. The number of benzene rings is 1. The molecule has 2 N–H and O–H groups in total. The van der Waals surface area contributed by atoms with Crippen LogP contribution in [-0.2, 0) is 11.3 Å². The summed E-state index contributed by atoms with van der Waals surface area (Å²) in [5.74, 6) is 0. The van der Waals surface area contributed by atoms with Gasteiger partial charge in [-0.05, 0) is 45.3 Å². The number of methoxy groups -OCH3 is 1. The summed E-state index contributed by atoms with van der Waals surface area (Å²) in [4.78, 5) is 2.46. The zero-order valence-corrected chi connectivity index (χ0v) is 12.6. The van der Waals surface area contributed by atoms with E-state index in [1.165, 1.54) is 5.56 Å². The van der Waals surface area contributed by atoms with Crippen molar-refractivity contribution in [3.63, 3.8) is 0 Å². The average Bonchev–Trinajstić information content (AvgIpc) is 2.43. The van der Waals surface area contributed by atoms with Crippen molar-refractivity contribution in [2.45, 2.75) is 38.8 Å². The van der Waals surface area contributed by atoms with E-state index in [1.54, 1.807) is 7.11 Å². The summed E-state index contributed by atoms with van der Waals surface area (Å²) in [6.45, 7) is 8.09. The van der Waals surface area contributed by atoms with E-state index in [4.69, 9.17) is 10.5 Å². The fourth-order valence-electron chi connectivity index (χ4n) is 1.96. The van der Waals surface area contributed by atoms with Crippen molar-refractivity contribution in [2.24, 2.45) is 5.73 Å². The first-order chi connectivity index (χ1) is 9.07. The Morgan fingerprint density at radius 3 is 2.42 bits per heavy atom. The molecule has 0 aromatic heterocycles. The molecule has 0 fully saturated rings. The van der Waals surface area contributed by atoms with Crippen molar-refractivity contribution < 1.29 is 4.74 Å². The van der Waals surface area contributed by atoms with Crippen LogP contribution in [-0.4, -0.2) is 37.2 Å². The molecule has 0 amide bonds. The van der Waals surface area contributed by atoms with Crippen molar-refractivity contribution >= 4 is 0 Å². The van der Waals surface area contributed by atoms with Gasteiger partial charge in [-0.3, -0.25) is 4.90 Å². The van der Waals surface area contributed by atoms with E-state index >= 15 is 0 Å². The van der Waals surface area contributed by atoms with Crippen LogP contribution in [0.2, 0.25) is 0 Å². The first kappa shape index (κ1) is 16.2. The lowest BCUT2D eigenvalue weighted by Crippen LogP contribution is -2.33. The van der Waals surface area contributed by atoms with Gasteiger partial charge < -0.3 is 10.5 Å². The van der Waals surface area contributed by atoms with Crippen LogP contribution < -0.4 is 5.73 Å². The van der Waals surface area contributed by atoms with Crippen LogP contribution in [0.4, 0.5) is 0 Å². The number of nitrogens with two attached hydrogens (primary N) is 1. The molecule has 0 radical (unpaired) electrons. The molecule has 0 bridgehead atoms. The van der Waals surface area contributed by atoms with Crippen LogP contribution in [0.25, 0.3) is 0 Å². The molecule has 0 atom stereocenters. The van der Waals surface area contributed by atoms with E-state index in [1.807, 2.05) is 0 Å². The Balaban J connectivity index is 2.52. The summed E-state index contributed by atoms with van der Waals surface area (Å²) in [5, 5.41) is 0. The molecule has 0 unspecified atom stereocenters. The molecule has 1 aromatic carbocycles. The molecule has 3 heteroatoms. The van der Waals surface area contributed by atoms with E-state index < -0.39 is 0 Å². The zero-order valence-electron chi connectivity index (χ0n) is 12.6. The van der Waals surface area contributed by atoms with Crippen LogP contribution in [0.15, 0.2) is 30.3 Å². The van der Waals surface area contributed by atoms with E-state index in [0.29, 0.717) is 0 Å². The standard InChI is InChI=1S/C16H28N2O/c1-16(2,19-3)10-13-18(12-7-11-17)14-15-8-5-4-6-9-15/h4-6,8-9H,7,10-14,17H2,1-3H3. The summed E-state index contributed by atoms with van der Waals surface area (Å²) >= 11 is 0. The summed E-state index contributed by atoms with van der Waals surface area (Å²) in [6.07, 6.45) is 2.07. The first-order valence-electron chi connectivity index (χ1n) is 7.09. The van der Waals surface area contributed by atoms with Gasteiger partial charge in [-0.15, -0.1) is 0 Å². The highest BCUT2D eigenvalue weighted by atomic mass is 16.5. The van der Waals surface area contributed by atoms with Gasteiger partial charge in [0.05, 0.1) is 5.60 Å². The molecule has 3 nitrogen and oxygen atoms in total. The zero-order chi connectivity index (χ0) is 14.1. The number of hydrogen-bond donors (Lipinski definition) is 1. The molecule has 1 rings (SSSR count). The van der Waals surface area contributed by atoms with Gasteiger partial charge in [0.25, 0.3) is 0 Å². The monoisotopic (exact) mass is 264 g/mol. The van der Waals surface area contributed by atoms with Crippen molar-refractivity contribution in [2.75, 3.05) is 26.7 Å². The number of ether oxygens (including phenoxy) is 1. The van der Waals surface area contributed by atoms with Crippen LogP contribution in [0.3, 0.4) is 0 Å². The van der Waals surface area contributed by atoms with Crippen LogP contribution in [0.5, 0.6) is 0 Å². The first-order valence-corrected chi connectivity index (χ1v) is 7.09. The van der Waals surface area contributed by atoms with Crippen molar-refractivity contribution in [3.8, 4) is 0 Å². The quantitative estimate of drug-likeness (QED) is 0.745. The Morgan fingerprint density at radius 1 is 1.16 bits per heavy atom. The van der Waals surface area contributed by atoms with Gasteiger partial charge >= 0.3 is 0 Å². The normalized spacial score (nSPS) is 12.1. The lowest BCUT2D eigenvalue weighted by atomic mass is 10.0. The molecule has 1 aromatic rings. The van der Waals surface area contributed by atoms with Gasteiger partial charge in [0, 0.05) is 20.2 Å². The van der Waals surface area contributed by atoms with Gasteiger partial charge in [-0.2, -0.15) is 0 Å². The third-order valence-corrected chi connectivity index (χ3v) is 3.51. The molecule has 0 aliphatic heterocycles. The second-order valence-corrected chi connectivity index (χ2v) is 5.62. The van der Waals surface area contributed by atoms with Crippen molar-refractivity contribution in [1.29, 1.82) is 0 Å². The third kappa shape index (κ3) is 6.71. The number of nitrogens with zero attached hydrogens (tertiary/aromatic N) is 1. The van der Waals surface area contributed by atoms with E-state index in [9.17, 15) is 0 Å². The summed E-state index contributed by atoms with van der Waals surface area (Å²) in [7, 11) is 1.78. The summed E-state index contributed by atoms with van der Waals surface area (Å²) < 4.78 is 5.49. The molecule has 19 heavy (non-hydrogen) atoms. The van der Waals surface area contributed by atoms with Crippen LogP contribution in [0.1, 0.15) is 32.3 Å². The Labute approximate surface area is 117 Å². The highest BCUT2D eigenvalue weighted by molar-refractivity contribution is 5.14. The Bertz CT molecular complexity index is 338. The maximum atomic E-state index is 5.63. The summed E-state index contributed by atoms with van der Waals surface area (Å²) in [6, 6.07) is 10.6. The van der Waals surface area contributed by atoms with E-state index in [0.717, 1.165) is 39.0 Å². The largest absolute Gasteiger partial charge is 0.379 e. The molecule has 108 valence electrons. The lowest BCUT2D eigenvalue weighted by Gasteiger charge is -2.28. The topological polar surface area (TPSA) is 38.5 Å². The minimum absolute atomic E-state index is 0.0579. The minimum Gasteiger partial charge on any atom is -0.379 e. The third-order valence-electron chi connectivity index (χ3n) is 3.51. The molecule has 0 saturated heterocycles. The van der Waals surface area contributed by atoms with Crippen LogP contribution >= 0.6 is 0 Å². The molecular weight excluding hydrogens is 236 g/mol. The Kier molecular flexibility index (Phi) is 7.06. The highest BCUT2D eigenvalue weighted by Gasteiger charge is 2.18. The fraction of sp³-hybridized carbons (Fsp3) is 0.625. The van der Waals surface area contributed by atoms with E-state index in [-0.39, 0.29) is 5.60 Å². The minimum atomic E-state index is -0.0579. The Morgan fingerprint density at radius 2 is 1.84 bits per heavy atom. The average molecular weight is 264 g/mol. The molecule has 0 spiro atoms. The maximum absolute atomic E-state index is 5.63. The second kappa shape index (κ2) is 8.31. The van der Waals surface area contributed by atoms with Crippen molar-refractivity contribution in [3.05, 3.63) is 35.9 Å². The molecule has 0 aliphatic rings. The molecular formula is C16H28N2O. The maximum Gasteiger partial charge on any atom is 0.0634 e. The van der Waals surface area contributed by atoms with Gasteiger partial charge in [0.15, 0.2) is 0 Å². The van der Waals surface area contributed by atoms with Gasteiger partial charge in [-0.1, -0.05) is 30.3 Å². The fourth-order valence-corrected chi connectivity index (χ4v) is 1.96. The second-order valence-electron chi connectivity index (χ2n) is 5.62. The van der Waals surface area contributed by atoms with E-state index in [2.05, 4.69) is 49.1 Å². The van der Waals surface area contributed by atoms with Gasteiger partial charge in [0.1, 0.15) is 0 Å². The summed E-state index contributed by atoms with van der Waals surface area (Å²) in [5.41, 5.74) is 6.93. The predicted octanol–water partition coefficient (Wildman–Crippen LogP) is 2.65. The smallest absolute Gasteiger partial charge is 0.0634 e. The molecule has 0 aliphatic carbocycles. The molecule has 0 saturated carbocycles. The van der Waals surface area contributed by atoms with Gasteiger partial charge in [0.2, 0.25) is 0 Å². The SMILES string of the molecule is COC(C)(C)CCN(CCCN)Cc1ccccc1.